The van der Waals surface area contributed by atoms with Crippen molar-refractivity contribution in [2.24, 2.45) is 0 Å². The van der Waals surface area contributed by atoms with Crippen LogP contribution < -0.4 is 0 Å². The van der Waals surface area contributed by atoms with E-state index in [4.69, 9.17) is 11.6 Å². The Morgan fingerprint density at radius 2 is 1.60 bits per heavy atom. The smallest absolute Gasteiger partial charge is 0.0409 e. The Hall–Kier alpha value is -1.01. The minimum Gasteiger partial charge on any atom is -0.0843 e. The molecule has 0 nitrogen and oxygen atoms in total. The van der Waals surface area contributed by atoms with Gasteiger partial charge in [0, 0.05) is 10.9 Å². The van der Waals surface area contributed by atoms with Gasteiger partial charge in [0.25, 0.3) is 0 Å². The van der Waals surface area contributed by atoms with Crippen molar-refractivity contribution < 1.29 is 0 Å². The Bertz CT molecular complexity index is 547. The van der Waals surface area contributed by atoms with E-state index in [0.29, 0.717) is 5.92 Å². The average molecular weight is 287 g/mol. The third kappa shape index (κ3) is 2.24. The van der Waals surface area contributed by atoms with E-state index < -0.39 is 0 Å². The van der Waals surface area contributed by atoms with Crippen molar-refractivity contribution in [2.45, 2.75) is 58.3 Å². The molecule has 0 spiro atoms. The van der Waals surface area contributed by atoms with Gasteiger partial charge in [0.1, 0.15) is 0 Å². The van der Waals surface area contributed by atoms with Crippen LogP contribution in [0.25, 0.3) is 0 Å². The van der Waals surface area contributed by atoms with Gasteiger partial charge >= 0.3 is 0 Å². The molecule has 106 valence electrons. The lowest BCUT2D eigenvalue weighted by molar-refractivity contribution is 0.674. The molecule has 1 aromatic carbocycles. The molecule has 1 saturated carbocycles. The predicted molar refractivity (Wildman–Crippen MR) is 87.3 cm³/mol. The monoisotopic (exact) mass is 286 g/mol. The Balaban J connectivity index is 2.12. The summed E-state index contributed by atoms with van der Waals surface area (Å²) < 4.78 is 0. The van der Waals surface area contributed by atoms with E-state index in [0.717, 1.165) is 5.02 Å². The van der Waals surface area contributed by atoms with E-state index in [1.54, 1.807) is 22.3 Å². The van der Waals surface area contributed by atoms with Gasteiger partial charge in [-0.25, -0.2) is 0 Å². The molecule has 0 amide bonds. The molecule has 2 aliphatic carbocycles. The lowest BCUT2D eigenvalue weighted by Gasteiger charge is -2.19. The van der Waals surface area contributed by atoms with Crippen LogP contribution in [0.15, 0.2) is 46.6 Å². The molecule has 20 heavy (non-hydrogen) atoms. The predicted octanol–water partition coefficient (Wildman–Crippen LogP) is 6.42. The van der Waals surface area contributed by atoms with Crippen LogP contribution >= 0.6 is 11.6 Å². The van der Waals surface area contributed by atoms with E-state index >= 15 is 0 Å². The second-order valence-electron chi connectivity index (χ2n) is 5.91. The zero-order valence-electron chi connectivity index (χ0n) is 12.5. The van der Waals surface area contributed by atoms with Crippen molar-refractivity contribution in [3.05, 3.63) is 57.1 Å². The second-order valence-corrected chi connectivity index (χ2v) is 6.35. The highest BCUT2D eigenvalue weighted by molar-refractivity contribution is 6.30. The van der Waals surface area contributed by atoms with Crippen molar-refractivity contribution in [2.75, 3.05) is 0 Å². The van der Waals surface area contributed by atoms with Gasteiger partial charge in [-0.1, -0.05) is 48.7 Å². The molecule has 0 unspecified atom stereocenters. The summed E-state index contributed by atoms with van der Waals surface area (Å²) >= 11 is 6.23. The fraction of sp³-hybridized carbons (Fsp3) is 0.474. The summed E-state index contributed by atoms with van der Waals surface area (Å²) in [6.45, 7) is 4.62. The van der Waals surface area contributed by atoms with Crippen LogP contribution in [-0.4, -0.2) is 0 Å². The van der Waals surface area contributed by atoms with Gasteiger partial charge in [-0.3, -0.25) is 0 Å². The largest absolute Gasteiger partial charge is 0.0843 e. The summed E-state index contributed by atoms with van der Waals surface area (Å²) in [6.07, 6.45) is 7.64. The van der Waals surface area contributed by atoms with Gasteiger partial charge < -0.3 is 0 Å². The van der Waals surface area contributed by atoms with Crippen LogP contribution in [0.3, 0.4) is 0 Å². The molecule has 0 heterocycles. The van der Waals surface area contributed by atoms with Crippen LogP contribution in [0, 0.1) is 0 Å². The zero-order valence-corrected chi connectivity index (χ0v) is 13.3. The molecule has 0 N–H and O–H groups in total. The molecular weight excluding hydrogens is 264 g/mol. The summed E-state index contributed by atoms with van der Waals surface area (Å²) in [5.41, 5.74) is 8.11. The summed E-state index contributed by atoms with van der Waals surface area (Å²) in [6, 6.07) is 8.48. The number of hydrogen-bond donors (Lipinski definition) is 0. The quantitative estimate of drug-likeness (QED) is 0.601. The molecule has 0 aliphatic heterocycles. The van der Waals surface area contributed by atoms with Gasteiger partial charge in [0.05, 0.1) is 0 Å². The highest BCUT2D eigenvalue weighted by Gasteiger charge is 2.33. The fourth-order valence-electron chi connectivity index (χ4n) is 4.10. The van der Waals surface area contributed by atoms with Crippen molar-refractivity contribution in [3.8, 4) is 0 Å². The lowest BCUT2D eigenvalue weighted by Crippen LogP contribution is -2.02. The normalized spacial score (nSPS) is 19.8. The molecule has 1 fully saturated rings. The molecule has 0 saturated heterocycles. The minimum absolute atomic E-state index is 0.506. The first-order valence-corrected chi connectivity index (χ1v) is 8.33. The average Bonchev–Trinajstić information content (AvgIpc) is 2.80. The first-order valence-electron chi connectivity index (χ1n) is 7.95. The topological polar surface area (TPSA) is 0 Å². The third-order valence-corrected chi connectivity index (χ3v) is 5.12. The van der Waals surface area contributed by atoms with Gasteiger partial charge in [-0.15, -0.1) is 0 Å². The zero-order chi connectivity index (χ0) is 14.1. The molecule has 2 aliphatic rings. The Morgan fingerprint density at radius 3 is 2.10 bits per heavy atom. The number of rotatable bonds is 3. The molecule has 1 aromatic rings. The molecule has 0 bridgehead atoms. The van der Waals surface area contributed by atoms with Crippen LogP contribution in [0.2, 0.25) is 5.02 Å². The second kappa shape index (κ2) is 5.77. The van der Waals surface area contributed by atoms with Gasteiger partial charge in [-0.2, -0.15) is 0 Å². The van der Waals surface area contributed by atoms with Gasteiger partial charge in [0.2, 0.25) is 0 Å². The van der Waals surface area contributed by atoms with Crippen LogP contribution in [0.1, 0.15) is 63.9 Å². The number of allylic oxidation sites excluding steroid dienone is 4. The van der Waals surface area contributed by atoms with Gasteiger partial charge in [0.15, 0.2) is 0 Å². The van der Waals surface area contributed by atoms with Crippen LogP contribution in [0.5, 0.6) is 0 Å². The molecular formula is C19H23Cl. The molecule has 0 aromatic heterocycles. The standard InChI is InChI=1S/C19H23Cl/c1-3-15-17-10-5-6-11-18(17)16(4-2)19(15)13-8-7-9-14(20)12-13/h7-9,12,19H,3-6,10-11H2,1-2H3. The van der Waals surface area contributed by atoms with E-state index in [1.165, 1.54) is 44.1 Å². The highest BCUT2D eigenvalue weighted by Crippen LogP contribution is 2.51. The number of benzene rings is 1. The van der Waals surface area contributed by atoms with Crippen molar-refractivity contribution in [1.29, 1.82) is 0 Å². The van der Waals surface area contributed by atoms with E-state index in [2.05, 4.69) is 32.0 Å². The number of halogens is 1. The first-order chi connectivity index (χ1) is 9.76. The summed E-state index contributed by atoms with van der Waals surface area (Å²) in [4.78, 5) is 0. The minimum atomic E-state index is 0.506. The lowest BCUT2D eigenvalue weighted by atomic mass is 9.85. The Kier molecular flexibility index (Phi) is 4.03. The molecule has 0 atom stereocenters. The van der Waals surface area contributed by atoms with E-state index in [-0.39, 0.29) is 0 Å². The summed E-state index contributed by atoms with van der Waals surface area (Å²) in [5, 5.41) is 0.860. The Morgan fingerprint density at radius 1 is 1.00 bits per heavy atom. The first kappa shape index (κ1) is 13.9. The maximum Gasteiger partial charge on any atom is 0.0409 e. The van der Waals surface area contributed by atoms with Crippen molar-refractivity contribution >= 4 is 11.6 Å². The van der Waals surface area contributed by atoms with Gasteiger partial charge in [-0.05, 0) is 67.4 Å². The maximum absolute atomic E-state index is 6.23. The van der Waals surface area contributed by atoms with Crippen LogP contribution in [-0.2, 0) is 0 Å². The fourth-order valence-corrected chi connectivity index (χ4v) is 4.30. The third-order valence-electron chi connectivity index (χ3n) is 4.88. The van der Waals surface area contributed by atoms with E-state index in [9.17, 15) is 0 Å². The number of fused-ring (bicyclic) bond motifs is 1. The SMILES string of the molecule is CCC1=C2CCCCC2=C(CC)C1c1cccc(Cl)c1. The van der Waals surface area contributed by atoms with Crippen LogP contribution in [0.4, 0.5) is 0 Å². The summed E-state index contributed by atoms with van der Waals surface area (Å²) in [7, 11) is 0. The molecule has 3 rings (SSSR count). The maximum atomic E-state index is 6.23. The highest BCUT2D eigenvalue weighted by atomic mass is 35.5. The number of hydrogen-bond acceptors (Lipinski definition) is 0. The van der Waals surface area contributed by atoms with Crippen molar-refractivity contribution in [1.82, 2.24) is 0 Å². The van der Waals surface area contributed by atoms with Crippen molar-refractivity contribution in [3.63, 3.8) is 0 Å². The molecule has 0 radical (unpaired) electrons. The Labute approximate surface area is 127 Å². The molecule has 1 heteroatoms. The van der Waals surface area contributed by atoms with E-state index in [1.807, 2.05) is 6.07 Å². The summed E-state index contributed by atoms with van der Waals surface area (Å²) in [5.74, 6) is 0.506.